The molecule has 7 nitrogen and oxygen atoms in total. The van der Waals surface area contributed by atoms with E-state index < -0.39 is 35.6 Å². The number of aryl methyl sites for hydroxylation is 3. The van der Waals surface area contributed by atoms with Crippen molar-refractivity contribution in [3.63, 3.8) is 0 Å². The molecule has 204 valence electrons. The summed E-state index contributed by atoms with van der Waals surface area (Å²) in [4.78, 5) is 41.5. The third-order valence-corrected chi connectivity index (χ3v) is 6.54. The molecule has 38 heavy (non-hydrogen) atoms. The normalized spacial score (nSPS) is 13.5. The molecule has 0 radical (unpaired) electrons. The van der Waals surface area contributed by atoms with Crippen LogP contribution in [0.25, 0.3) is 0 Å². The van der Waals surface area contributed by atoms with E-state index in [-0.39, 0.29) is 5.92 Å². The SMILES string of the molecule is C#CN(C(=O)C(NC(=O)OC(C)(C)C)C(C)CC)C(C(=O)Nc1c(C)cccc1Cl)c1ccc(C)cc1C. The number of hydrogen-bond donors (Lipinski definition) is 2. The highest BCUT2D eigenvalue weighted by Gasteiger charge is 2.38. The van der Waals surface area contributed by atoms with Crippen LogP contribution in [0.2, 0.25) is 5.02 Å². The van der Waals surface area contributed by atoms with E-state index in [1.54, 1.807) is 39.0 Å². The lowest BCUT2D eigenvalue weighted by Crippen LogP contribution is -2.53. The van der Waals surface area contributed by atoms with Crippen LogP contribution in [0.3, 0.4) is 0 Å². The van der Waals surface area contributed by atoms with Gasteiger partial charge in [0, 0.05) is 6.04 Å². The van der Waals surface area contributed by atoms with Crippen molar-refractivity contribution in [3.05, 3.63) is 63.7 Å². The van der Waals surface area contributed by atoms with Crippen LogP contribution in [0.15, 0.2) is 36.4 Å². The second kappa shape index (κ2) is 12.8. The van der Waals surface area contributed by atoms with E-state index in [1.165, 1.54) is 0 Å². The van der Waals surface area contributed by atoms with Gasteiger partial charge >= 0.3 is 6.09 Å². The zero-order valence-corrected chi connectivity index (χ0v) is 24.2. The molecule has 2 N–H and O–H groups in total. The Labute approximate surface area is 231 Å². The number of nitrogens with zero attached hydrogens (tertiary/aromatic N) is 1. The van der Waals surface area contributed by atoms with Gasteiger partial charge in [0.15, 0.2) is 0 Å². The number of carbonyl (C=O) groups is 3. The number of carbonyl (C=O) groups excluding carboxylic acids is 3. The highest BCUT2D eigenvalue weighted by molar-refractivity contribution is 6.34. The standard InChI is InChI=1S/C30H38ClN3O4/c1-10-19(4)25(33-29(37)38-30(7,8)9)28(36)34(11-2)26(22-16-15-18(3)17-21(22)6)27(35)32-24-20(5)13-12-14-23(24)31/h2,12-17,19,25-26H,10H2,1,3-9H3,(H,32,35)(H,33,37). The molecule has 0 aliphatic heterocycles. The molecular weight excluding hydrogens is 502 g/mol. The largest absolute Gasteiger partial charge is 0.444 e. The molecule has 2 rings (SSSR count). The molecule has 2 aromatic rings. The summed E-state index contributed by atoms with van der Waals surface area (Å²) in [5, 5.41) is 5.91. The number of amides is 3. The number of terminal acetylenes is 1. The highest BCUT2D eigenvalue weighted by Crippen LogP contribution is 2.31. The van der Waals surface area contributed by atoms with Crippen LogP contribution in [-0.2, 0) is 14.3 Å². The Morgan fingerprint density at radius 1 is 1.11 bits per heavy atom. The lowest BCUT2D eigenvalue weighted by Gasteiger charge is -2.33. The maximum atomic E-state index is 14.0. The number of benzene rings is 2. The number of halogens is 1. The molecule has 3 atom stereocenters. The first-order chi connectivity index (χ1) is 17.7. The third kappa shape index (κ3) is 7.75. The topological polar surface area (TPSA) is 87.7 Å². The zero-order valence-electron chi connectivity index (χ0n) is 23.4. The van der Waals surface area contributed by atoms with Crippen molar-refractivity contribution in [3.8, 4) is 12.5 Å². The van der Waals surface area contributed by atoms with Crippen molar-refractivity contribution in [2.45, 2.75) is 79.5 Å². The van der Waals surface area contributed by atoms with Gasteiger partial charge in [-0.05, 0) is 70.2 Å². The summed E-state index contributed by atoms with van der Waals surface area (Å²) in [6.45, 7) is 14.5. The molecule has 0 saturated carbocycles. The van der Waals surface area contributed by atoms with Gasteiger partial charge < -0.3 is 15.4 Å². The van der Waals surface area contributed by atoms with Gasteiger partial charge in [-0.3, -0.25) is 14.5 Å². The monoisotopic (exact) mass is 539 g/mol. The maximum absolute atomic E-state index is 14.0. The number of hydrogen-bond acceptors (Lipinski definition) is 4. The minimum atomic E-state index is -1.18. The fraction of sp³-hybridized carbons (Fsp3) is 0.433. The van der Waals surface area contributed by atoms with Gasteiger partial charge in [0.1, 0.15) is 17.7 Å². The van der Waals surface area contributed by atoms with Crippen LogP contribution >= 0.6 is 11.6 Å². The van der Waals surface area contributed by atoms with E-state index in [2.05, 4.69) is 16.7 Å². The molecule has 0 aliphatic rings. The molecule has 8 heteroatoms. The summed E-state index contributed by atoms with van der Waals surface area (Å²) in [7, 11) is 0. The van der Waals surface area contributed by atoms with Crippen LogP contribution < -0.4 is 10.6 Å². The molecule has 0 aliphatic carbocycles. The van der Waals surface area contributed by atoms with Gasteiger partial charge in [-0.15, -0.1) is 0 Å². The fourth-order valence-corrected chi connectivity index (χ4v) is 4.31. The predicted octanol–water partition coefficient (Wildman–Crippen LogP) is 6.30. The van der Waals surface area contributed by atoms with E-state index in [0.717, 1.165) is 21.6 Å². The van der Waals surface area contributed by atoms with E-state index in [9.17, 15) is 14.4 Å². The van der Waals surface area contributed by atoms with Crippen molar-refractivity contribution in [1.82, 2.24) is 10.2 Å². The van der Waals surface area contributed by atoms with Crippen molar-refractivity contribution >= 4 is 35.2 Å². The Hall–Kier alpha value is -3.50. The van der Waals surface area contributed by atoms with Crippen molar-refractivity contribution < 1.29 is 19.1 Å². The Kier molecular flexibility index (Phi) is 10.4. The van der Waals surface area contributed by atoms with Gasteiger partial charge in [-0.1, -0.05) is 74.2 Å². The lowest BCUT2D eigenvalue weighted by atomic mass is 9.94. The summed E-state index contributed by atoms with van der Waals surface area (Å²) in [5.41, 5.74) is 2.78. The summed E-state index contributed by atoms with van der Waals surface area (Å²) >= 11 is 6.38. The molecule has 3 unspecified atom stereocenters. The van der Waals surface area contributed by atoms with Crippen LogP contribution in [-0.4, -0.2) is 34.5 Å². The number of rotatable bonds is 8. The molecular formula is C30H38ClN3O4. The Morgan fingerprint density at radius 3 is 2.29 bits per heavy atom. The predicted molar refractivity (Wildman–Crippen MR) is 152 cm³/mol. The number of anilines is 1. The molecule has 2 aromatic carbocycles. The van der Waals surface area contributed by atoms with E-state index in [4.69, 9.17) is 22.8 Å². The molecule has 0 fully saturated rings. The van der Waals surface area contributed by atoms with Gasteiger partial charge in [0.2, 0.25) is 0 Å². The van der Waals surface area contributed by atoms with Gasteiger partial charge in [-0.25, -0.2) is 4.79 Å². The summed E-state index contributed by atoms with van der Waals surface area (Å²) in [6, 6.07) is 11.0. The second-order valence-corrected chi connectivity index (χ2v) is 10.9. The first kappa shape index (κ1) is 30.7. The first-order valence-electron chi connectivity index (χ1n) is 12.6. The summed E-state index contributed by atoms with van der Waals surface area (Å²) < 4.78 is 5.39. The van der Waals surface area contributed by atoms with Gasteiger partial charge in [0.05, 0.1) is 10.7 Å². The molecule has 0 spiro atoms. The minimum absolute atomic E-state index is 0.292. The van der Waals surface area contributed by atoms with Gasteiger partial charge in [0.25, 0.3) is 11.8 Å². The molecule has 0 heterocycles. The smallest absolute Gasteiger partial charge is 0.408 e. The van der Waals surface area contributed by atoms with Crippen LogP contribution in [0, 0.1) is 39.2 Å². The zero-order chi connectivity index (χ0) is 28.8. The average molecular weight is 540 g/mol. The van der Waals surface area contributed by atoms with Crippen molar-refractivity contribution in [2.24, 2.45) is 5.92 Å². The summed E-state index contributed by atoms with van der Waals surface area (Å²) in [5.74, 6) is -1.41. The number of nitrogens with one attached hydrogen (secondary N) is 2. The fourth-order valence-electron chi connectivity index (χ4n) is 4.04. The number of para-hydroxylation sites is 1. The molecule has 3 amide bonds. The Balaban J connectivity index is 2.58. The Morgan fingerprint density at radius 2 is 1.76 bits per heavy atom. The highest BCUT2D eigenvalue weighted by atomic mass is 35.5. The maximum Gasteiger partial charge on any atom is 0.408 e. The molecule has 0 aromatic heterocycles. The quantitative estimate of drug-likeness (QED) is 0.304. The lowest BCUT2D eigenvalue weighted by molar-refractivity contribution is -0.137. The van der Waals surface area contributed by atoms with Crippen LogP contribution in [0.1, 0.15) is 69.3 Å². The van der Waals surface area contributed by atoms with E-state index in [0.29, 0.717) is 22.7 Å². The number of alkyl carbamates (subject to hydrolysis) is 1. The second-order valence-electron chi connectivity index (χ2n) is 10.5. The Bertz CT molecular complexity index is 1210. The van der Waals surface area contributed by atoms with E-state index in [1.807, 2.05) is 52.8 Å². The van der Waals surface area contributed by atoms with Crippen LogP contribution in [0.4, 0.5) is 10.5 Å². The van der Waals surface area contributed by atoms with Gasteiger partial charge in [-0.2, -0.15) is 0 Å². The van der Waals surface area contributed by atoms with E-state index >= 15 is 0 Å². The summed E-state index contributed by atoms with van der Waals surface area (Å²) in [6.07, 6.45) is 5.73. The van der Waals surface area contributed by atoms with Crippen molar-refractivity contribution in [1.29, 1.82) is 0 Å². The first-order valence-corrected chi connectivity index (χ1v) is 13.0. The molecule has 0 saturated heterocycles. The van der Waals surface area contributed by atoms with Crippen LogP contribution in [0.5, 0.6) is 0 Å². The number of ether oxygens (including phenoxy) is 1. The minimum Gasteiger partial charge on any atom is -0.444 e. The third-order valence-electron chi connectivity index (χ3n) is 6.22. The van der Waals surface area contributed by atoms with Crippen molar-refractivity contribution in [2.75, 3.05) is 5.32 Å². The molecule has 0 bridgehead atoms. The average Bonchev–Trinajstić information content (AvgIpc) is 2.82.